The molecule has 0 bridgehead atoms. The van der Waals surface area contributed by atoms with Crippen LogP contribution in [0.3, 0.4) is 0 Å². The van der Waals surface area contributed by atoms with Gasteiger partial charge in [0.05, 0.1) is 5.60 Å². The van der Waals surface area contributed by atoms with E-state index in [0.717, 1.165) is 38.8 Å². The number of likely N-dealkylation sites (tertiary alicyclic amines) is 1. The lowest BCUT2D eigenvalue weighted by Gasteiger charge is -2.47. The van der Waals surface area contributed by atoms with Crippen molar-refractivity contribution < 1.29 is 9.90 Å². The van der Waals surface area contributed by atoms with Gasteiger partial charge in [0.25, 0.3) is 0 Å². The number of rotatable bonds is 1. The van der Waals surface area contributed by atoms with Crippen LogP contribution in [0, 0.1) is 23.7 Å². The zero-order valence-electron chi connectivity index (χ0n) is 12.4. The fourth-order valence-corrected chi connectivity index (χ4v) is 5.34. The molecule has 3 heteroatoms. The first-order valence-electron chi connectivity index (χ1n) is 8.70. The molecule has 0 aromatic rings. The third-order valence-electron chi connectivity index (χ3n) is 6.68. The molecule has 3 aliphatic carbocycles. The summed E-state index contributed by atoms with van der Waals surface area (Å²) in [5.41, 5.74) is -0.453. The molecule has 20 heavy (non-hydrogen) atoms. The molecular weight excluding hydrogens is 250 g/mol. The predicted molar refractivity (Wildman–Crippen MR) is 77.0 cm³/mol. The zero-order valence-corrected chi connectivity index (χ0v) is 12.4. The lowest BCUT2D eigenvalue weighted by molar-refractivity contribution is -0.145. The first-order chi connectivity index (χ1) is 9.69. The Morgan fingerprint density at radius 3 is 2.45 bits per heavy atom. The molecule has 1 N–H and O–H groups in total. The number of amides is 1. The molecule has 1 saturated heterocycles. The van der Waals surface area contributed by atoms with Gasteiger partial charge in [-0.25, -0.2) is 0 Å². The van der Waals surface area contributed by atoms with E-state index in [1.165, 1.54) is 32.1 Å². The van der Waals surface area contributed by atoms with Crippen LogP contribution in [-0.4, -0.2) is 34.6 Å². The van der Waals surface area contributed by atoms with Crippen LogP contribution in [0.25, 0.3) is 0 Å². The molecular formula is C17H27NO2. The maximum absolute atomic E-state index is 12.7. The average Bonchev–Trinajstić information content (AvgIpc) is 3.20. The molecule has 4 fully saturated rings. The second kappa shape index (κ2) is 4.72. The molecule has 3 saturated carbocycles. The number of fused-ring (bicyclic) bond motifs is 2. The molecule has 4 atom stereocenters. The Morgan fingerprint density at radius 1 is 1.00 bits per heavy atom. The van der Waals surface area contributed by atoms with Crippen molar-refractivity contribution in [3.63, 3.8) is 0 Å². The van der Waals surface area contributed by atoms with Crippen molar-refractivity contribution in [2.75, 3.05) is 13.1 Å². The standard InChI is InChI=1S/C17H27NO2/c19-16(15-13-6-1-2-7-14(13)15)18-10-9-17(20)8-4-3-5-12(17)11-18/h12-15,20H,1-11H2. The third kappa shape index (κ3) is 2.01. The van der Waals surface area contributed by atoms with Gasteiger partial charge in [0.2, 0.25) is 5.91 Å². The summed E-state index contributed by atoms with van der Waals surface area (Å²) >= 11 is 0. The summed E-state index contributed by atoms with van der Waals surface area (Å²) in [4.78, 5) is 14.9. The number of nitrogens with zero attached hydrogens (tertiary/aromatic N) is 1. The van der Waals surface area contributed by atoms with Crippen LogP contribution in [0.1, 0.15) is 57.8 Å². The molecule has 0 radical (unpaired) electrons. The highest BCUT2D eigenvalue weighted by Crippen LogP contribution is 2.56. The van der Waals surface area contributed by atoms with Gasteiger partial charge in [0, 0.05) is 24.9 Å². The first-order valence-corrected chi connectivity index (χ1v) is 8.70. The van der Waals surface area contributed by atoms with E-state index in [1.807, 2.05) is 0 Å². The van der Waals surface area contributed by atoms with Gasteiger partial charge in [-0.05, 0) is 43.9 Å². The average molecular weight is 277 g/mol. The Balaban J connectivity index is 1.41. The first kappa shape index (κ1) is 13.1. The fourth-order valence-electron chi connectivity index (χ4n) is 5.34. The second-order valence-electron chi connectivity index (χ2n) is 7.72. The number of piperidine rings is 1. The van der Waals surface area contributed by atoms with Crippen LogP contribution in [-0.2, 0) is 4.79 Å². The molecule has 4 rings (SSSR count). The minimum atomic E-state index is -0.453. The minimum Gasteiger partial charge on any atom is -0.389 e. The second-order valence-corrected chi connectivity index (χ2v) is 7.72. The van der Waals surface area contributed by atoms with Crippen molar-refractivity contribution in [3.8, 4) is 0 Å². The molecule has 1 aliphatic heterocycles. The van der Waals surface area contributed by atoms with Crippen molar-refractivity contribution in [1.29, 1.82) is 0 Å². The number of carbonyl (C=O) groups excluding carboxylic acids is 1. The number of hydrogen-bond donors (Lipinski definition) is 1. The Bertz CT molecular complexity index is 398. The third-order valence-corrected chi connectivity index (χ3v) is 6.68. The highest BCUT2D eigenvalue weighted by atomic mass is 16.3. The van der Waals surface area contributed by atoms with Crippen molar-refractivity contribution in [2.24, 2.45) is 23.7 Å². The van der Waals surface area contributed by atoms with Gasteiger partial charge in [-0.3, -0.25) is 4.79 Å². The fraction of sp³-hybridized carbons (Fsp3) is 0.941. The van der Waals surface area contributed by atoms with Gasteiger partial charge in [-0.2, -0.15) is 0 Å². The number of hydrogen-bond acceptors (Lipinski definition) is 2. The molecule has 1 heterocycles. The van der Waals surface area contributed by atoms with E-state index < -0.39 is 5.60 Å². The number of aliphatic hydroxyl groups is 1. The zero-order chi connectivity index (χ0) is 13.7. The molecule has 4 unspecified atom stereocenters. The molecule has 112 valence electrons. The van der Waals surface area contributed by atoms with Gasteiger partial charge in [-0.15, -0.1) is 0 Å². The largest absolute Gasteiger partial charge is 0.389 e. The lowest BCUT2D eigenvalue weighted by atomic mass is 9.71. The van der Waals surface area contributed by atoms with E-state index in [4.69, 9.17) is 0 Å². The van der Waals surface area contributed by atoms with Crippen LogP contribution in [0.2, 0.25) is 0 Å². The lowest BCUT2D eigenvalue weighted by Crippen LogP contribution is -2.55. The summed E-state index contributed by atoms with van der Waals surface area (Å²) < 4.78 is 0. The summed E-state index contributed by atoms with van der Waals surface area (Å²) in [6.07, 6.45) is 10.5. The van der Waals surface area contributed by atoms with Crippen LogP contribution < -0.4 is 0 Å². The van der Waals surface area contributed by atoms with Crippen LogP contribution in [0.4, 0.5) is 0 Å². The Hall–Kier alpha value is -0.570. The van der Waals surface area contributed by atoms with E-state index in [9.17, 15) is 9.90 Å². The van der Waals surface area contributed by atoms with Crippen LogP contribution in [0.5, 0.6) is 0 Å². The van der Waals surface area contributed by atoms with Crippen molar-refractivity contribution in [2.45, 2.75) is 63.4 Å². The van der Waals surface area contributed by atoms with Gasteiger partial charge >= 0.3 is 0 Å². The van der Waals surface area contributed by atoms with Crippen LogP contribution >= 0.6 is 0 Å². The SMILES string of the molecule is O=C(C1C2CCCCC21)N1CCC2(O)CCCCC2C1. The summed E-state index contributed by atoms with van der Waals surface area (Å²) in [6, 6.07) is 0. The Labute approximate surface area is 121 Å². The van der Waals surface area contributed by atoms with E-state index in [0.29, 0.717) is 29.6 Å². The topological polar surface area (TPSA) is 40.5 Å². The van der Waals surface area contributed by atoms with Crippen molar-refractivity contribution in [3.05, 3.63) is 0 Å². The van der Waals surface area contributed by atoms with E-state index in [-0.39, 0.29) is 0 Å². The highest BCUT2D eigenvalue weighted by Gasteiger charge is 2.56. The highest BCUT2D eigenvalue weighted by molar-refractivity contribution is 5.82. The van der Waals surface area contributed by atoms with E-state index >= 15 is 0 Å². The number of carbonyl (C=O) groups is 1. The maximum atomic E-state index is 12.7. The smallest absolute Gasteiger partial charge is 0.226 e. The quantitative estimate of drug-likeness (QED) is 0.800. The minimum absolute atomic E-state index is 0.342. The Kier molecular flexibility index (Phi) is 3.10. The molecule has 0 spiro atoms. The maximum Gasteiger partial charge on any atom is 0.226 e. The van der Waals surface area contributed by atoms with Gasteiger partial charge < -0.3 is 10.0 Å². The summed E-state index contributed by atoms with van der Waals surface area (Å²) in [7, 11) is 0. The molecule has 0 aromatic carbocycles. The summed E-state index contributed by atoms with van der Waals surface area (Å²) in [6.45, 7) is 1.62. The summed E-state index contributed by atoms with van der Waals surface area (Å²) in [5.74, 6) is 2.54. The van der Waals surface area contributed by atoms with Crippen molar-refractivity contribution in [1.82, 2.24) is 4.90 Å². The Morgan fingerprint density at radius 2 is 1.70 bits per heavy atom. The molecule has 0 aromatic heterocycles. The summed E-state index contributed by atoms with van der Waals surface area (Å²) in [5, 5.41) is 10.7. The monoisotopic (exact) mass is 277 g/mol. The van der Waals surface area contributed by atoms with Gasteiger partial charge in [0.1, 0.15) is 0 Å². The van der Waals surface area contributed by atoms with Crippen molar-refractivity contribution >= 4 is 5.91 Å². The van der Waals surface area contributed by atoms with Gasteiger partial charge in [0.15, 0.2) is 0 Å². The molecule has 4 aliphatic rings. The molecule has 3 nitrogen and oxygen atoms in total. The van der Waals surface area contributed by atoms with E-state index in [1.54, 1.807) is 0 Å². The normalized spacial score (nSPS) is 47.4. The van der Waals surface area contributed by atoms with Gasteiger partial charge in [-0.1, -0.05) is 25.7 Å². The van der Waals surface area contributed by atoms with E-state index in [2.05, 4.69) is 4.90 Å². The molecule has 1 amide bonds. The predicted octanol–water partition coefficient (Wildman–Crippen LogP) is 2.58. The van der Waals surface area contributed by atoms with Crippen LogP contribution in [0.15, 0.2) is 0 Å².